The van der Waals surface area contributed by atoms with Crippen LogP contribution >= 0.6 is 0 Å². The third-order valence-corrected chi connectivity index (χ3v) is 3.09. The van der Waals surface area contributed by atoms with Crippen LogP contribution in [-0.2, 0) is 0 Å². The number of nitrogens with one attached hydrogen (secondary N) is 1. The first-order valence-corrected chi connectivity index (χ1v) is 6.32. The van der Waals surface area contributed by atoms with Gasteiger partial charge >= 0.3 is 0 Å². The van der Waals surface area contributed by atoms with Crippen LogP contribution in [0, 0.1) is 5.92 Å². The zero-order valence-corrected chi connectivity index (χ0v) is 10.2. The molecule has 0 radical (unpaired) electrons. The molecular weight excluding hydrogens is 196 g/mol. The van der Waals surface area contributed by atoms with Crippen molar-refractivity contribution in [1.82, 2.24) is 4.90 Å². The van der Waals surface area contributed by atoms with Gasteiger partial charge in [0.2, 0.25) is 0 Å². The smallest absolute Gasteiger partial charge is 0.0340 e. The summed E-state index contributed by atoms with van der Waals surface area (Å²) in [4.78, 5) is 2.46. The molecule has 0 spiro atoms. The van der Waals surface area contributed by atoms with E-state index in [0.717, 1.165) is 12.5 Å². The molecule has 1 aliphatic rings. The van der Waals surface area contributed by atoms with E-state index in [0.29, 0.717) is 0 Å². The molecule has 0 aromatic heterocycles. The lowest BCUT2D eigenvalue weighted by Gasteiger charge is -2.16. The van der Waals surface area contributed by atoms with Crippen LogP contribution in [0.25, 0.3) is 0 Å². The highest BCUT2D eigenvalue weighted by Gasteiger charge is 2.22. The molecule has 0 aliphatic heterocycles. The van der Waals surface area contributed by atoms with E-state index in [2.05, 4.69) is 47.6 Å². The number of nitrogens with zero attached hydrogens (tertiary/aromatic N) is 1. The minimum absolute atomic E-state index is 1.01. The highest BCUT2D eigenvalue weighted by Crippen LogP contribution is 2.29. The van der Waals surface area contributed by atoms with Gasteiger partial charge in [0, 0.05) is 18.8 Å². The molecule has 0 bridgehead atoms. The first-order valence-electron chi connectivity index (χ1n) is 6.32. The van der Waals surface area contributed by atoms with Gasteiger partial charge in [0.05, 0.1) is 0 Å². The summed E-state index contributed by atoms with van der Waals surface area (Å²) in [5.74, 6) is 1.01. The van der Waals surface area contributed by atoms with E-state index in [4.69, 9.17) is 0 Å². The molecule has 1 fully saturated rings. The first-order chi connectivity index (χ1) is 7.84. The third-order valence-electron chi connectivity index (χ3n) is 3.09. The summed E-state index contributed by atoms with van der Waals surface area (Å²) >= 11 is 0. The molecule has 0 heterocycles. The third kappa shape index (κ3) is 4.23. The second kappa shape index (κ2) is 5.90. The molecule has 88 valence electrons. The Morgan fingerprint density at radius 1 is 1.25 bits per heavy atom. The molecular formula is C14H22N2. The second-order valence-corrected chi connectivity index (χ2v) is 4.85. The van der Waals surface area contributed by atoms with Crippen molar-refractivity contribution < 1.29 is 0 Å². The van der Waals surface area contributed by atoms with E-state index in [1.807, 2.05) is 0 Å². The Bertz CT molecular complexity index is 293. The van der Waals surface area contributed by atoms with Crippen LogP contribution in [0.15, 0.2) is 30.3 Å². The summed E-state index contributed by atoms with van der Waals surface area (Å²) in [5, 5.41) is 3.44. The van der Waals surface area contributed by atoms with Crippen molar-refractivity contribution in [2.75, 3.05) is 32.0 Å². The predicted octanol–water partition coefficient (Wildman–Crippen LogP) is 2.83. The number of anilines is 1. The molecule has 0 amide bonds. The Morgan fingerprint density at radius 3 is 2.69 bits per heavy atom. The SMILES string of the molecule is CN(CCCNc1ccccc1)CC1CC1. The Hall–Kier alpha value is -1.02. The topological polar surface area (TPSA) is 15.3 Å². The lowest BCUT2D eigenvalue weighted by atomic mass is 10.3. The van der Waals surface area contributed by atoms with Crippen molar-refractivity contribution in [1.29, 1.82) is 0 Å². The predicted molar refractivity (Wildman–Crippen MR) is 69.8 cm³/mol. The molecule has 0 atom stereocenters. The van der Waals surface area contributed by atoms with Gasteiger partial charge in [0.15, 0.2) is 0 Å². The molecule has 1 saturated carbocycles. The number of hydrogen-bond acceptors (Lipinski definition) is 2. The van der Waals surface area contributed by atoms with Crippen LogP contribution in [0.2, 0.25) is 0 Å². The summed E-state index contributed by atoms with van der Waals surface area (Å²) in [6.07, 6.45) is 4.12. The minimum atomic E-state index is 1.01. The summed E-state index contributed by atoms with van der Waals surface area (Å²) in [6, 6.07) is 10.4. The van der Waals surface area contributed by atoms with Gasteiger partial charge in [-0.15, -0.1) is 0 Å². The van der Waals surface area contributed by atoms with Crippen LogP contribution < -0.4 is 5.32 Å². The molecule has 1 N–H and O–H groups in total. The lowest BCUT2D eigenvalue weighted by Crippen LogP contribution is -2.23. The zero-order valence-electron chi connectivity index (χ0n) is 10.2. The number of para-hydroxylation sites is 1. The fourth-order valence-corrected chi connectivity index (χ4v) is 1.97. The average Bonchev–Trinajstić information content (AvgIpc) is 3.10. The van der Waals surface area contributed by atoms with E-state index >= 15 is 0 Å². The standard InChI is InChI=1S/C14H22N2/c1-16(12-13-8-9-13)11-5-10-15-14-6-3-2-4-7-14/h2-4,6-7,13,15H,5,8-12H2,1H3. The van der Waals surface area contributed by atoms with Crippen LogP contribution in [0.1, 0.15) is 19.3 Å². The largest absolute Gasteiger partial charge is 0.385 e. The van der Waals surface area contributed by atoms with E-state index in [9.17, 15) is 0 Å². The van der Waals surface area contributed by atoms with E-state index in [-0.39, 0.29) is 0 Å². The minimum Gasteiger partial charge on any atom is -0.385 e. The Balaban J connectivity index is 1.54. The van der Waals surface area contributed by atoms with Crippen molar-refractivity contribution in [2.45, 2.75) is 19.3 Å². The molecule has 16 heavy (non-hydrogen) atoms. The molecule has 1 aliphatic carbocycles. The van der Waals surface area contributed by atoms with Gasteiger partial charge in [-0.05, 0) is 50.9 Å². The molecule has 0 unspecified atom stereocenters. The number of benzene rings is 1. The number of rotatable bonds is 7. The Morgan fingerprint density at radius 2 is 2.00 bits per heavy atom. The Labute approximate surface area is 98.7 Å². The maximum absolute atomic E-state index is 3.44. The first kappa shape index (κ1) is 11.5. The summed E-state index contributed by atoms with van der Waals surface area (Å²) in [6.45, 7) is 3.57. The van der Waals surface area contributed by atoms with E-state index in [1.165, 1.54) is 38.0 Å². The highest BCUT2D eigenvalue weighted by atomic mass is 15.1. The fraction of sp³-hybridized carbons (Fsp3) is 0.571. The molecule has 0 saturated heterocycles. The normalized spacial score (nSPS) is 15.4. The summed E-state index contributed by atoms with van der Waals surface area (Å²) < 4.78 is 0. The van der Waals surface area contributed by atoms with Gasteiger partial charge < -0.3 is 10.2 Å². The molecule has 2 nitrogen and oxygen atoms in total. The van der Waals surface area contributed by atoms with Gasteiger partial charge in [-0.25, -0.2) is 0 Å². The van der Waals surface area contributed by atoms with Gasteiger partial charge in [-0.3, -0.25) is 0 Å². The van der Waals surface area contributed by atoms with Crippen LogP contribution in [0.3, 0.4) is 0 Å². The molecule has 1 aromatic rings. The summed E-state index contributed by atoms with van der Waals surface area (Å²) in [7, 11) is 2.24. The van der Waals surface area contributed by atoms with E-state index < -0.39 is 0 Å². The van der Waals surface area contributed by atoms with Gasteiger partial charge in [-0.2, -0.15) is 0 Å². The lowest BCUT2D eigenvalue weighted by molar-refractivity contribution is 0.319. The van der Waals surface area contributed by atoms with Gasteiger partial charge in [0.1, 0.15) is 0 Å². The van der Waals surface area contributed by atoms with Crippen LogP contribution in [0.4, 0.5) is 5.69 Å². The van der Waals surface area contributed by atoms with E-state index in [1.54, 1.807) is 0 Å². The maximum atomic E-state index is 3.44. The maximum Gasteiger partial charge on any atom is 0.0340 e. The monoisotopic (exact) mass is 218 g/mol. The van der Waals surface area contributed by atoms with Crippen LogP contribution in [-0.4, -0.2) is 31.6 Å². The van der Waals surface area contributed by atoms with Crippen molar-refractivity contribution in [3.8, 4) is 0 Å². The molecule has 1 aromatic carbocycles. The van der Waals surface area contributed by atoms with Crippen molar-refractivity contribution in [3.63, 3.8) is 0 Å². The zero-order chi connectivity index (χ0) is 11.2. The van der Waals surface area contributed by atoms with Crippen molar-refractivity contribution >= 4 is 5.69 Å². The highest BCUT2D eigenvalue weighted by molar-refractivity contribution is 5.42. The molecule has 2 rings (SSSR count). The van der Waals surface area contributed by atoms with Gasteiger partial charge in [0.25, 0.3) is 0 Å². The second-order valence-electron chi connectivity index (χ2n) is 4.85. The summed E-state index contributed by atoms with van der Waals surface area (Å²) in [5.41, 5.74) is 1.23. The van der Waals surface area contributed by atoms with Crippen molar-refractivity contribution in [2.24, 2.45) is 5.92 Å². The fourth-order valence-electron chi connectivity index (χ4n) is 1.97. The quantitative estimate of drug-likeness (QED) is 0.708. The molecule has 2 heteroatoms. The number of hydrogen-bond donors (Lipinski definition) is 1. The van der Waals surface area contributed by atoms with Gasteiger partial charge in [-0.1, -0.05) is 18.2 Å². The average molecular weight is 218 g/mol. The van der Waals surface area contributed by atoms with Crippen LogP contribution in [0.5, 0.6) is 0 Å². The van der Waals surface area contributed by atoms with Crippen molar-refractivity contribution in [3.05, 3.63) is 30.3 Å². The Kier molecular flexibility index (Phi) is 4.23.